The maximum absolute atomic E-state index is 4.13. The van der Waals surface area contributed by atoms with Crippen molar-refractivity contribution in [3.8, 4) is 11.1 Å². The topological polar surface area (TPSA) is 0 Å². The standard InChI is InChI=1S/C24H22/c1-4-19-16(3)22-15-18-13-9-10-14-21(18)23(24(22)20(19)5-2)17-11-7-6-8-12-17/h5-16H,2,4H2,1,3H3. The summed E-state index contributed by atoms with van der Waals surface area (Å²) in [5.74, 6) is 0.463. The lowest BCUT2D eigenvalue weighted by atomic mass is 9.87. The van der Waals surface area contributed by atoms with Gasteiger partial charge in [-0.3, -0.25) is 0 Å². The van der Waals surface area contributed by atoms with E-state index in [2.05, 4.69) is 87.2 Å². The van der Waals surface area contributed by atoms with Gasteiger partial charge < -0.3 is 0 Å². The number of rotatable bonds is 3. The van der Waals surface area contributed by atoms with Crippen LogP contribution in [0.1, 0.15) is 37.3 Å². The highest BCUT2D eigenvalue weighted by molar-refractivity contribution is 6.06. The largest absolute Gasteiger partial charge is 0.0984 e. The van der Waals surface area contributed by atoms with Crippen molar-refractivity contribution in [2.45, 2.75) is 26.2 Å². The number of allylic oxidation sites excluding steroid dienone is 3. The summed E-state index contributed by atoms with van der Waals surface area (Å²) in [7, 11) is 0. The summed E-state index contributed by atoms with van der Waals surface area (Å²) in [6.07, 6.45) is 3.13. The van der Waals surface area contributed by atoms with Gasteiger partial charge in [0.15, 0.2) is 0 Å². The minimum Gasteiger partial charge on any atom is -0.0984 e. The minimum absolute atomic E-state index is 0.463. The summed E-state index contributed by atoms with van der Waals surface area (Å²) >= 11 is 0. The smallest absolute Gasteiger partial charge is 0.00355 e. The second-order valence-electron chi connectivity index (χ2n) is 6.52. The average Bonchev–Trinajstić information content (AvgIpc) is 2.91. The molecule has 0 aliphatic heterocycles. The van der Waals surface area contributed by atoms with Gasteiger partial charge in [0.05, 0.1) is 0 Å². The van der Waals surface area contributed by atoms with Crippen LogP contribution in [0.4, 0.5) is 0 Å². The van der Waals surface area contributed by atoms with Crippen molar-refractivity contribution in [2.75, 3.05) is 0 Å². The van der Waals surface area contributed by atoms with Crippen LogP contribution < -0.4 is 0 Å². The van der Waals surface area contributed by atoms with Gasteiger partial charge in [0.1, 0.15) is 0 Å². The van der Waals surface area contributed by atoms with E-state index in [1.165, 1.54) is 44.2 Å². The summed E-state index contributed by atoms with van der Waals surface area (Å²) in [6.45, 7) is 8.72. The first kappa shape index (κ1) is 15.0. The highest BCUT2D eigenvalue weighted by Crippen LogP contribution is 2.50. The summed E-state index contributed by atoms with van der Waals surface area (Å²) < 4.78 is 0. The Bertz CT molecular complexity index is 958. The fourth-order valence-corrected chi connectivity index (χ4v) is 4.22. The molecule has 0 nitrogen and oxygen atoms in total. The molecule has 0 saturated heterocycles. The molecule has 0 radical (unpaired) electrons. The molecule has 0 N–H and O–H groups in total. The molecule has 0 heteroatoms. The summed E-state index contributed by atoms with van der Waals surface area (Å²) in [4.78, 5) is 0. The van der Waals surface area contributed by atoms with E-state index in [1.807, 2.05) is 0 Å². The Morgan fingerprint density at radius 3 is 2.38 bits per heavy atom. The van der Waals surface area contributed by atoms with Crippen molar-refractivity contribution >= 4 is 16.3 Å². The van der Waals surface area contributed by atoms with E-state index in [1.54, 1.807) is 0 Å². The van der Waals surface area contributed by atoms with E-state index < -0.39 is 0 Å². The Morgan fingerprint density at radius 2 is 1.67 bits per heavy atom. The van der Waals surface area contributed by atoms with Crippen LogP contribution in [-0.4, -0.2) is 0 Å². The van der Waals surface area contributed by atoms with Gasteiger partial charge in [0.2, 0.25) is 0 Å². The molecule has 0 bridgehead atoms. The van der Waals surface area contributed by atoms with Crippen LogP contribution in [0.15, 0.2) is 78.9 Å². The molecular weight excluding hydrogens is 288 g/mol. The molecule has 0 spiro atoms. The first-order valence-corrected chi connectivity index (χ1v) is 8.73. The molecule has 0 fully saturated rings. The lowest BCUT2D eigenvalue weighted by Crippen LogP contribution is -1.95. The van der Waals surface area contributed by atoms with Crippen LogP contribution in [-0.2, 0) is 0 Å². The van der Waals surface area contributed by atoms with Gasteiger partial charge in [-0.15, -0.1) is 0 Å². The Hall–Kier alpha value is -2.60. The first-order valence-electron chi connectivity index (χ1n) is 8.73. The van der Waals surface area contributed by atoms with Crippen LogP contribution in [0.5, 0.6) is 0 Å². The monoisotopic (exact) mass is 310 g/mol. The molecule has 1 atom stereocenters. The summed E-state index contributed by atoms with van der Waals surface area (Å²) in [5, 5.41) is 2.65. The molecule has 24 heavy (non-hydrogen) atoms. The zero-order valence-corrected chi connectivity index (χ0v) is 14.3. The second-order valence-corrected chi connectivity index (χ2v) is 6.52. The molecule has 0 saturated carbocycles. The van der Waals surface area contributed by atoms with Gasteiger partial charge in [-0.2, -0.15) is 0 Å². The molecule has 118 valence electrons. The molecule has 0 amide bonds. The summed E-state index contributed by atoms with van der Waals surface area (Å²) in [6, 6.07) is 21.9. The predicted octanol–water partition coefficient (Wildman–Crippen LogP) is 6.97. The lowest BCUT2D eigenvalue weighted by molar-refractivity contribution is 0.864. The molecule has 1 aliphatic carbocycles. The van der Waals surface area contributed by atoms with Gasteiger partial charge in [-0.1, -0.05) is 86.7 Å². The molecule has 1 unspecified atom stereocenters. The van der Waals surface area contributed by atoms with Crippen molar-refractivity contribution in [3.05, 3.63) is 90.0 Å². The minimum atomic E-state index is 0.463. The van der Waals surface area contributed by atoms with Crippen molar-refractivity contribution in [1.82, 2.24) is 0 Å². The third kappa shape index (κ3) is 2.06. The van der Waals surface area contributed by atoms with Crippen LogP contribution >= 0.6 is 0 Å². The van der Waals surface area contributed by atoms with Gasteiger partial charge >= 0.3 is 0 Å². The zero-order chi connectivity index (χ0) is 16.7. The molecule has 4 rings (SSSR count). The van der Waals surface area contributed by atoms with Gasteiger partial charge in [0.25, 0.3) is 0 Å². The second kappa shape index (κ2) is 5.79. The van der Waals surface area contributed by atoms with Crippen LogP contribution in [0, 0.1) is 0 Å². The number of benzene rings is 3. The molecular formula is C24H22. The molecule has 3 aromatic carbocycles. The van der Waals surface area contributed by atoms with Crippen LogP contribution in [0.2, 0.25) is 0 Å². The maximum Gasteiger partial charge on any atom is 0.00355 e. The average molecular weight is 310 g/mol. The number of hydrogen-bond donors (Lipinski definition) is 0. The molecule has 0 heterocycles. The highest BCUT2D eigenvalue weighted by atomic mass is 14.3. The van der Waals surface area contributed by atoms with E-state index in [-0.39, 0.29) is 0 Å². The van der Waals surface area contributed by atoms with Gasteiger partial charge in [-0.05, 0) is 51.1 Å². The Balaban J connectivity index is 2.18. The van der Waals surface area contributed by atoms with Crippen LogP contribution in [0.3, 0.4) is 0 Å². The Kier molecular flexibility index (Phi) is 3.61. The third-order valence-electron chi connectivity index (χ3n) is 5.33. The van der Waals surface area contributed by atoms with Gasteiger partial charge in [0, 0.05) is 5.92 Å². The fraction of sp³-hybridized carbons (Fsp3) is 0.167. The van der Waals surface area contributed by atoms with Crippen molar-refractivity contribution in [3.63, 3.8) is 0 Å². The Morgan fingerprint density at radius 1 is 0.958 bits per heavy atom. The normalized spacial score (nSPS) is 16.5. The zero-order valence-electron chi connectivity index (χ0n) is 14.3. The molecule has 1 aliphatic rings. The molecule has 0 aromatic heterocycles. The van der Waals surface area contributed by atoms with Crippen molar-refractivity contribution in [2.24, 2.45) is 0 Å². The van der Waals surface area contributed by atoms with Crippen LogP contribution in [0.25, 0.3) is 27.5 Å². The number of fused-ring (bicyclic) bond motifs is 2. The quantitative estimate of drug-likeness (QED) is 0.490. The SMILES string of the molecule is C=CC1=C(CC)C(C)c2cc3ccccc3c(-c3ccccc3)c21. The predicted molar refractivity (Wildman–Crippen MR) is 105 cm³/mol. The Labute approximate surface area is 144 Å². The van der Waals surface area contributed by atoms with Crippen molar-refractivity contribution < 1.29 is 0 Å². The fourth-order valence-electron chi connectivity index (χ4n) is 4.22. The van der Waals surface area contributed by atoms with E-state index in [0.717, 1.165) is 6.42 Å². The number of hydrogen-bond acceptors (Lipinski definition) is 0. The first-order chi connectivity index (χ1) is 11.8. The summed E-state index contributed by atoms with van der Waals surface area (Å²) in [5.41, 5.74) is 8.32. The maximum atomic E-state index is 4.13. The van der Waals surface area contributed by atoms with E-state index >= 15 is 0 Å². The van der Waals surface area contributed by atoms with E-state index in [0.29, 0.717) is 5.92 Å². The lowest BCUT2D eigenvalue weighted by Gasteiger charge is -2.16. The van der Waals surface area contributed by atoms with Gasteiger partial charge in [-0.25, -0.2) is 0 Å². The molecule has 3 aromatic rings. The highest BCUT2D eigenvalue weighted by Gasteiger charge is 2.29. The van der Waals surface area contributed by atoms with Crippen molar-refractivity contribution in [1.29, 1.82) is 0 Å². The third-order valence-corrected chi connectivity index (χ3v) is 5.33. The van der Waals surface area contributed by atoms with E-state index in [9.17, 15) is 0 Å². The van der Waals surface area contributed by atoms with E-state index in [4.69, 9.17) is 0 Å².